The first-order valence-corrected chi connectivity index (χ1v) is 8.33. The van der Waals surface area contributed by atoms with Crippen LogP contribution < -0.4 is 0 Å². The Hall–Kier alpha value is -0.370. The molecule has 2 aliphatic carbocycles. The van der Waals surface area contributed by atoms with Crippen LogP contribution in [0.2, 0.25) is 0 Å². The largest absolute Gasteiger partial charge is 0.303 e. The Labute approximate surface area is 118 Å². The molecule has 0 aromatic heterocycles. The van der Waals surface area contributed by atoms with E-state index in [2.05, 4.69) is 18.9 Å². The molecule has 0 aromatic carbocycles. The first-order chi connectivity index (χ1) is 9.17. The summed E-state index contributed by atoms with van der Waals surface area (Å²) in [7, 11) is 2.25. The molecular weight excluding hydrogens is 234 g/mol. The molecule has 0 spiro atoms. The van der Waals surface area contributed by atoms with Crippen LogP contribution in [0.5, 0.6) is 0 Å². The average molecular weight is 265 g/mol. The number of rotatable bonds is 4. The molecule has 2 fully saturated rings. The molecule has 2 saturated carbocycles. The summed E-state index contributed by atoms with van der Waals surface area (Å²) in [4.78, 5) is 14.2. The van der Waals surface area contributed by atoms with Crippen molar-refractivity contribution in [2.24, 2.45) is 11.3 Å². The highest BCUT2D eigenvalue weighted by molar-refractivity contribution is 5.59. The van der Waals surface area contributed by atoms with E-state index in [1.54, 1.807) is 0 Å². The molecule has 0 amide bonds. The van der Waals surface area contributed by atoms with Crippen molar-refractivity contribution in [1.29, 1.82) is 0 Å². The predicted molar refractivity (Wildman–Crippen MR) is 80.2 cm³/mol. The zero-order valence-electron chi connectivity index (χ0n) is 12.9. The van der Waals surface area contributed by atoms with Gasteiger partial charge in [-0.1, -0.05) is 45.4 Å². The summed E-state index contributed by atoms with van der Waals surface area (Å²) in [6.07, 6.45) is 14.1. The van der Waals surface area contributed by atoms with Crippen LogP contribution in [-0.4, -0.2) is 30.8 Å². The second-order valence-corrected chi connectivity index (χ2v) is 7.14. The summed E-state index contributed by atoms with van der Waals surface area (Å²) in [6, 6.07) is 0.703. The van der Waals surface area contributed by atoms with E-state index in [0.29, 0.717) is 6.04 Å². The van der Waals surface area contributed by atoms with Gasteiger partial charge < -0.3 is 9.69 Å². The Balaban J connectivity index is 1.97. The molecule has 2 nitrogen and oxygen atoms in total. The molecule has 19 heavy (non-hydrogen) atoms. The van der Waals surface area contributed by atoms with E-state index < -0.39 is 0 Å². The van der Waals surface area contributed by atoms with Crippen molar-refractivity contribution in [2.45, 2.75) is 77.2 Å². The Morgan fingerprint density at radius 1 is 1.05 bits per heavy atom. The first-order valence-electron chi connectivity index (χ1n) is 8.33. The summed E-state index contributed by atoms with van der Waals surface area (Å²) in [6.45, 7) is 3.38. The van der Waals surface area contributed by atoms with Gasteiger partial charge in [-0.05, 0) is 38.6 Å². The third-order valence-electron chi connectivity index (χ3n) is 5.55. The van der Waals surface area contributed by atoms with Crippen LogP contribution >= 0.6 is 0 Å². The SMILES string of the molecule is CC1CCCCC1N(C)CC1(C=O)CCCCCC1. The van der Waals surface area contributed by atoms with Gasteiger partial charge in [-0.3, -0.25) is 0 Å². The number of hydrogen-bond donors (Lipinski definition) is 0. The fourth-order valence-corrected chi connectivity index (χ4v) is 4.31. The van der Waals surface area contributed by atoms with Crippen LogP contribution in [0.25, 0.3) is 0 Å². The van der Waals surface area contributed by atoms with Crippen LogP contribution in [0.3, 0.4) is 0 Å². The van der Waals surface area contributed by atoms with Crippen LogP contribution in [-0.2, 0) is 4.79 Å². The van der Waals surface area contributed by atoms with Crippen molar-refractivity contribution in [3.63, 3.8) is 0 Å². The maximum atomic E-state index is 11.7. The van der Waals surface area contributed by atoms with E-state index in [1.807, 2.05) is 0 Å². The van der Waals surface area contributed by atoms with Gasteiger partial charge in [0.2, 0.25) is 0 Å². The summed E-state index contributed by atoms with van der Waals surface area (Å²) < 4.78 is 0. The fourth-order valence-electron chi connectivity index (χ4n) is 4.31. The minimum absolute atomic E-state index is 0.0393. The number of aldehydes is 1. The minimum Gasteiger partial charge on any atom is -0.303 e. The van der Waals surface area contributed by atoms with Gasteiger partial charge in [-0.25, -0.2) is 0 Å². The van der Waals surface area contributed by atoms with Crippen molar-refractivity contribution in [2.75, 3.05) is 13.6 Å². The molecule has 2 aliphatic rings. The van der Waals surface area contributed by atoms with Gasteiger partial charge in [0.25, 0.3) is 0 Å². The molecule has 0 bridgehead atoms. The Kier molecular flexibility index (Phi) is 5.44. The van der Waals surface area contributed by atoms with Crippen molar-refractivity contribution in [3.8, 4) is 0 Å². The highest BCUT2D eigenvalue weighted by Gasteiger charge is 2.35. The lowest BCUT2D eigenvalue weighted by molar-refractivity contribution is -0.118. The molecule has 0 aromatic rings. The Bertz CT molecular complexity index is 281. The van der Waals surface area contributed by atoms with Gasteiger partial charge in [0.05, 0.1) is 0 Å². The van der Waals surface area contributed by atoms with E-state index in [0.717, 1.165) is 25.3 Å². The third-order valence-corrected chi connectivity index (χ3v) is 5.55. The molecule has 0 N–H and O–H groups in total. The van der Waals surface area contributed by atoms with E-state index >= 15 is 0 Å². The number of hydrogen-bond acceptors (Lipinski definition) is 2. The lowest BCUT2D eigenvalue weighted by atomic mass is 9.79. The molecule has 2 heteroatoms. The summed E-state index contributed by atoms with van der Waals surface area (Å²) in [5.74, 6) is 0.799. The van der Waals surface area contributed by atoms with E-state index in [9.17, 15) is 4.79 Å². The van der Waals surface area contributed by atoms with Crippen LogP contribution in [0.4, 0.5) is 0 Å². The van der Waals surface area contributed by atoms with E-state index in [1.165, 1.54) is 57.7 Å². The van der Waals surface area contributed by atoms with Crippen molar-refractivity contribution < 1.29 is 4.79 Å². The number of carbonyl (C=O) groups is 1. The summed E-state index contributed by atoms with van der Waals surface area (Å²) in [5, 5.41) is 0. The topological polar surface area (TPSA) is 20.3 Å². The second kappa shape index (κ2) is 6.88. The maximum Gasteiger partial charge on any atom is 0.127 e. The normalized spacial score (nSPS) is 31.9. The molecule has 0 saturated heterocycles. The molecular formula is C17H31NO. The third kappa shape index (κ3) is 3.81. The first kappa shape index (κ1) is 15.0. The van der Waals surface area contributed by atoms with Crippen molar-refractivity contribution in [3.05, 3.63) is 0 Å². The van der Waals surface area contributed by atoms with Gasteiger partial charge >= 0.3 is 0 Å². The van der Waals surface area contributed by atoms with Gasteiger partial charge in [-0.15, -0.1) is 0 Å². The Morgan fingerprint density at radius 2 is 1.68 bits per heavy atom. The van der Waals surface area contributed by atoms with E-state index in [4.69, 9.17) is 0 Å². The number of nitrogens with zero attached hydrogens (tertiary/aromatic N) is 1. The smallest absolute Gasteiger partial charge is 0.127 e. The lowest BCUT2D eigenvalue weighted by Crippen LogP contribution is -2.45. The number of carbonyl (C=O) groups excluding carboxylic acids is 1. The fraction of sp³-hybridized carbons (Fsp3) is 0.941. The molecule has 2 unspecified atom stereocenters. The van der Waals surface area contributed by atoms with Crippen molar-refractivity contribution in [1.82, 2.24) is 4.90 Å². The zero-order chi connectivity index (χ0) is 13.7. The zero-order valence-corrected chi connectivity index (χ0v) is 12.9. The predicted octanol–water partition coefficient (Wildman–Crippen LogP) is 4.04. The van der Waals surface area contributed by atoms with Crippen LogP contribution in [0.15, 0.2) is 0 Å². The molecule has 0 radical (unpaired) electrons. The highest BCUT2D eigenvalue weighted by Crippen LogP contribution is 2.36. The van der Waals surface area contributed by atoms with Gasteiger partial charge in [0.1, 0.15) is 6.29 Å². The second-order valence-electron chi connectivity index (χ2n) is 7.14. The van der Waals surface area contributed by atoms with Crippen LogP contribution in [0, 0.1) is 11.3 Å². The van der Waals surface area contributed by atoms with Gasteiger partial charge in [-0.2, -0.15) is 0 Å². The van der Waals surface area contributed by atoms with Gasteiger partial charge in [0.15, 0.2) is 0 Å². The summed E-state index contributed by atoms with van der Waals surface area (Å²) in [5.41, 5.74) is -0.0393. The van der Waals surface area contributed by atoms with E-state index in [-0.39, 0.29) is 5.41 Å². The maximum absolute atomic E-state index is 11.7. The molecule has 2 atom stereocenters. The quantitative estimate of drug-likeness (QED) is 0.565. The van der Waals surface area contributed by atoms with Crippen LogP contribution in [0.1, 0.15) is 71.1 Å². The molecule has 2 rings (SSSR count). The monoisotopic (exact) mass is 265 g/mol. The highest BCUT2D eigenvalue weighted by atomic mass is 16.1. The lowest BCUT2D eigenvalue weighted by Gasteiger charge is -2.40. The van der Waals surface area contributed by atoms with Crippen molar-refractivity contribution >= 4 is 6.29 Å². The molecule has 0 heterocycles. The average Bonchev–Trinajstić information content (AvgIpc) is 2.65. The molecule has 0 aliphatic heterocycles. The Morgan fingerprint density at radius 3 is 2.26 bits per heavy atom. The summed E-state index contributed by atoms with van der Waals surface area (Å²) >= 11 is 0. The standard InChI is InChI=1S/C17H31NO/c1-15-9-5-6-10-16(15)18(2)13-17(14-19)11-7-3-4-8-12-17/h14-16H,3-13H2,1-2H3. The molecule has 110 valence electrons. The van der Waals surface area contributed by atoms with Gasteiger partial charge in [0, 0.05) is 18.0 Å². The minimum atomic E-state index is -0.0393.